The normalized spacial score (nSPS) is 10.1. The zero-order valence-electron chi connectivity index (χ0n) is 6.35. The predicted molar refractivity (Wildman–Crippen MR) is 42.8 cm³/mol. The fourth-order valence-corrected chi connectivity index (χ4v) is 0.877. The molecule has 0 bridgehead atoms. The van der Waals surface area contributed by atoms with Crippen LogP contribution in [0.2, 0.25) is 0 Å². The maximum Gasteiger partial charge on any atom is 0.0357 e. The molecule has 10 heavy (non-hydrogen) atoms. The van der Waals surface area contributed by atoms with Gasteiger partial charge in [-0.25, -0.2) is 0 Å². The first-order chi connectivity index (χ1) is 4.93. The van der Waals surface area contributed by atoms with Crippen molar-refractivity contribution in [3.8, 4) is 0 Å². The van der Waals surface area contributed by atoms with Crippen molar-refractivity contribution in [2.24, 2.45) is 0 Å². The molecule has 56 valence electrons. The molecule has 1 aromatic heterocycles. The number of hydrogen-bond donors (Lipinski definition) is 2. The summed E-state index contributed by atoms with van der Waals surface area (Å²) in [6, 6.07) is 4.10. The molecular formula is C8H14N2. The molecule has 0 aliphatic rings. The van der Waals surface area contributed by atoms with Gasteiger partial charge in [-0.3, -0.25) is 0 Å². The summed E-state index contributed by atoms with van der Waals surface area (Å²) in [6.07, 6.45) is 3.14. The first-order valence-electron chi connectivity index (χ1n) is 3.76. The molecule has 1 aromatic rings. The highest BCUT2D eigenvalue weighted by atomic mass is 14.9. The monoisotopic (exact) mass is 138 g/mol. The van der Waals surface area contributed by atoms with Crippen molar-refractivity contribution in [2.75, 3.05) is 6.54 Å². The van der Waals surface area contributed by atoms with E-state index in [0.29, 0.717) is 0 Å². The Balaban J connectivity index is 2.15. The second kappa shape index (κ2) is 4.12. The third-order valence-corrected chi connectivity index (χ3v) is 1.40. The van der Waals surface area contributed by atoms with Crippen molar-refractivity contribution in [1.29, 1.82) is 0 Å². The minimum atomic E-state index is 0.959. The first-order valence-corrected chi connectivity index (χ1v) is 3.76. The van der Waals surface area contributed by atoms with Gasteiger partial charge in [0.1, 0.15) is 0 Å². The first kappa shape index (κ1) is 7.35. The molecule has 0 amide bonds. The molecule has 2 nitrogen and oxygen atoms in total. The van der Waals surface area contributed by atoms with Crippen LogP contribution in [0.1, 0.15) is 19.0 Å². The maximum absolute atomic E-state index is 3.31. The molecule has 2 N–H and O–H groups in total. The van der Waals surface area contributed by atoms with E-state index in [9.17, 15) is 0 Å². The maximum atomic E-state index is 3.31. The number of aromatic amines is 1. The highest BCUT2D eigenvalue weighted by Gasteiger charge is 1.88. The number of aromatic nitrogens is 1. The highest BCUT2D eigenvalue weighted by molar-refractivity contribution is 5.02. The van der Waals surface area contributed by atoms with Gasteiger partial charge in [0.05, 0.1) is 0 Å². The standard InChI is InChI=1S/C8H14N2/c1-2-5-9-7-8-4-3-6-10-8/h3-4,6,9-10H,2,5,7H2,1H3. The Morgan fingerprint density at radius 2 is 2.50 bits per heavy atom. The molecule has 0 saturated heterocycles. The summed E-state index contributed by atoms with van der Waals surface area (Å²) in [5.41, 5.74) is 1.26. The molecule has 0 atom stereocenters. The lowest BCUT2D eigenvalue weighted by Crippen LogP contribution is -2.13. The minimum absolute atomic E-state index is 0.959. The Bertz CT molecular complexity index is 156. The van der Waals surface area contributed by atoms with Gasteiger partial charge in [-0.2, -0.15) is 0 Å². The summed E-state index contributed by atoms with van der Waals surface area (Å²) < 4.78 is 0. The third-order valence-electron chi connectivity index (χ3n) is 1.40. The van der Waals surface area contributed by atoms with E-state index in [1.54, 1.807) is 0 Å². The fourth-order valence-electron chi connectivity index (χ4n) is 0.877. The third kappa shape index (κ3) is 2.23. The van der Waals surface area contributed by atoms with E-state index in [2.05, 4.69) is 23.3 Å². The Labute approximate surface area is 61.7 Å². The van der Waals surface area contributed by atoms with Gasteiger partial charge in [0.15, 0.2) is 0 Å². The van der Waals surface area contributed by atoms with Crippen LogP contribution in [0.15, 0.2) is 18.3 Å². The molecule has 1 heterocycles. The van der Waals surface area contributed by atoms with E-state index in [0.717, 1.165) is 13.1 Å². The van der Waals surface area contributed by atoms with Crippen LogP contribution in [0, 0.1) is 0 Å². The Hall–Kier alpha value is -0.760. The van der Waals surface area contributed by atoms with Crippen molar-refractivity contribution < 1.29 is 0 Å². The van der Waals surface area contributed by atoms with E-state index < -0.39 is 0 Å². The van der Waals surface area contributed by atoms with Gasteiger partial charge in [-0.1, -0.05) is 6.92 Å². The van der Waals surface area contributed by atoms with Crippen LogP contribution in [0.3, 0.4) is 0 Å². The van der Waals surface area contributed by atoms with Gasteiger partial charge >= 0.3 is 0 Å². The minimum Gasteiger partial charge on any atom is -0.364 e. The lowest BCUT2D eigenvalue weighted by atomic mass is 10.4. The van der Waals surface area contributed by atoms with Crippen LogP contribution in [-0.2, 0) is 6.54 Å². The van der Waals surface area contributed by atoms with Crippen LogP contribution in [0.25, 0.3) is 0 Å². The average Bonchev–Trinajstić information content (AvgIpc) is 2.41. The zero-order valence-corrected chi connectivity index (χ0v) is 6.35. The Morgan fingerprint density at radius 1 is 1.60 bits per heavy atom. The molecule has 1 rings (SSSR count). The zero-order chi connectivity index (χ0) is 7.23. The summed E-state index contributed by atoms with van der Waals surface area (Å²) in [7, 11) is 0. The smallest absolute Gasteiger partial charge is 0.0357 e. The number of nitrogens with one attached hydrogen (secondary N) is 2. The SMILES string of the molecule is CCCNCc1ccc[nH]1. The van der Waals surface area contributed by atoms with Gasteiger partial charge in [-0.15, -0.1) is 0 Å². The second-order valence-corrected chi connectivity index (χ2v) is 2.37. The molecule has 0 aromatic carbocycles. The molecule has 0 aliphatic heterocycles. The van der Waals surface area contributed by atoms with E-state index in [-0.39, 0.29) is 0 Å². The van der Waals surface area contributed by atoms with Gasteiger partial charge < -0.3 is 10.3 Å². The fraction of sp³-hybridized carbons (Fsp3) is 0.500. The van der Waals surface area contributed by atoms with Crippen molar-refractivity contribution in [3.05, 3.63) is 24.0 Å². The Kier molecular flexibility index (Phi) is 3.03. The van der Waals surface area contributed by atoms with Crippen LogP contribution in [0.4, 0.5) is 0 Å². The summed E-state index contributed by atoms with van der Waals surface area (Å²) in [5, 5.41) is 3.31. The second-order valence-electron chi connectivity index (χ2n) is 2.37. The molecule has 0 aliphatic carbocycles. The summed E-state index contributed by atoms with van der Waals surface area (Å²) in [6.45, 7) is 4.22. The van der Waals surface area contributed by atoms with Crippen LogP contribution >= 0.6 is 0 Å². The van der Waals surface area contributed by atoms with Crippen molar-refractivity contribution in [1.82, 2.24) is 10.3 Å². The van der Waals surface area contributed by atoms with E-state index in [4.69, 9.17) is 0 Å². The molecule has 0 fully saturated rings. The number of rotatable bonds is 4. The summed E-state index contributed by atoms with van der Waals surface area (Å²) in [5.74, 6) is 0. The van der Waals surface area contributed by atoms with E-state index in [1.165, 1.54) is 12.1 Å². The quantitative estimate of drug-likeness (QED) is 0.606. The molecule has 0 spiro atoms. The topological polar surface area (TPSA) is 27.8 Å². The largest absolute Gasteiger partial charge is 0.364 e. The van der Waals surface area contributed by atoms with Crippen molar-refractivity contribution in [3.63, 3.8) is 0 Å². The van der Waals surface area contributed by atoms with Crippen LogP contribution in [-0.4, -0.2) is 11.5 Å². The molecule has 0 saturated carbocycles. The van der Waals surface area contributed by atoms with Crippen molar-refractivity contribution >= 4 is 0 Å². The highest BCUT2D eigenvalue weighted by Crippen LogP contribution is 1.92. The average molecular weight is 138 g/mol. The lowest BCUT2D eigenvalue weighted by molar-refractivity contribution is 0.667. The molecule has 2 heteroatoms. The van der Waals surface area contributed by atoms with Crippen molar-refractivity contribution in [2.45, 2.75) is 19.9 Å². The summed E-state index contributed by atoms with van der Waals surface area (Å²) >= 11 is 0. The predicted octanol–water partition coefficient (Wildman–Crippen LogP) is 1.51. The van der Waals surface area contributed by atoms with Gasteiger partial charge in [0.25, 0.3) is 0 Å². The molecule has 0 radical (unpaired) electrons. The number of H-pyrrole nitrogens is 1. The lowest BCUT2D eigenvalue weighted by Gasteiger charge is -1.98. The molecular weight excluding hydrogens is 124 g/mol. The Morgan fingerprint density at radius 3 is 3.10 bits per heavy atom. The van der Waals surface area contributed by atoms with Gasteiger partial charge in [0, 0.05) is 18.4 Å². The van der Waals surface area contributed by atoms with Crippen LogP contribution in [0.5, 0.6) is 0 Å². The summed E-state index contributed by atoms with van der Waals surface area (Å²) in [4.78, 5) is 3.13. The van der Waals surface area contributed by atoms with E-state index in [1.807, 2.05) is 12.3 Å². The van der Waals surface area contributed by atoms with Gasteiger partial charge in [-0.05, 0) is 25.1 Å². The van der Waals surface area contributed by atoms with Crippen LogP contribution < -0.4 is 5.32 Å². The molecule has 0 unspecified atom stereocenters. The van der Waals surface area contributed by atoms with Gasteiger partial charge in [0.2, 0.25) is 0 Å². The van der Waals surface area contributed by atoms with E-state index >= 15 is 0 Å². The number of hydrogen-bond acceptors (Lipinski definition) is 1.